The molecule has 0 aliphatic carbocycles. The number of rotatable bonds is 2. The molecule has 3 aromatic carbocycles. The van der Waals surface area contributed by atoms with Crippen LogP contribution in [0.3, 0.4) is 0 Å². The van der Waals surface area contributed by atoms with Crippen LogP contribution in [0.25, 0.3) is 0 Å². The monoisotopic (exact) mass is 377 g/mol. The third-order valence-electron chi connectivity index (χ3n) is 4.40. The lowest BCUT2D eigenvalue weighted by Gasteiger charge is -2.33. The Bertz CT molecular complexity index is 963. The fraction of sp³-hybridized carbons (Fsp3) is 0.136. The van der Waals surface area contributed by atoms with Crippen molar-refractivity contribution in [3.05, 3.63) is 71.8 Å². The second-order valence-corrected chi connectivity index (χ2v) is 7.51. The van der Waals surface area contributed by atoms with Crippen LogP contribution in [0.15, 0.2) is 70.5 Å². The molecule has 0 unspecified atom stereocenters. The lowest BCUT2D eigenvalue weighted by molar-refractivity contribution is 0.121. The fourth-order valence-corrected chi connectivity index (χ4v) is 4.36. The molecule has 0 spiro atoms. The molecule has 0 N–H and O–H groups in total. The van der Waals surface area contributed by atoms with Crippen molar-refractivity contribution in [1.82, 2.24) is 0 Å². The predicted molar refractivity (Wildman–Crippen MR) is 108 cm³/mol. The van der Waals surface area contributed by atoms with Crippen LogP contribution < -0.4 is 9.64 Å². The van der Waals surface area contributed by atoms with Crippen LogP contribution in [0.5, 0.6) is 5.75 Å². The molecule has 0 amide bonds. The zero-order chi connectivity index (χ0) is 19.0. The molecule has 0 bridgehead atoms. The van der Waals surface area contributed by atoms with Gasteiger partial charge >= 0.3 is 6.16 Å². The average molecular weight is 377 g/mol. The maximum Gasteiger partial charge on any atom is 0.513 e. The van der Waals surface area contributed by atoms with Crippen LogP contribution in [0.4, 0.5) is 21.9 Å². The number of ether oxygens (including phenoxy) is 2. The van der Waals surface area contributed by atoms with Gasteiger partial charge in [-0.3, -0.25) is 0 Å². The number of carbonyl (C=O) groups excluding carboxylic acids is 1. The number of anilines is 3. The summed E-state index contributed by atoms with van der Waals surface area (Å²) < 4.78 is 9.63. The first-order chi connectivity index (χ1) is 13.0. The van der Waals surface area contributed by atoms with E-state index in [0.29, 0.717) is 5.75 Å². The molecule has 1 aliphatic heterocycles. The average Bonchev–Trinajstić information content (AvgIpc) is 2.66. The minimum absolute atomic E-state index is 0.449. The van der Waals surface area contributed by atoms with Crippen molar-refractivity contribution >= 4 is 35.0 Å². The Morgan fingerprint density at radius 1 is 0.852 bits per heavy atom. The van der Waals surface area contributed by atoms with E-state index in [9.17, 15) is 4.79 Å². The van der Waals surface area contributed by atoms with Crippen LogP contribution >= 0.6 is 11.8 Å². The van der Waals surface area contributed by atoms with Gasteiger partial charge in [0.2, 0.25) is 0 Å². The van der Waals surface area contributed by atoms with Gasteiger partial charge in [0.25, 0.3) is 0 Å². The van der Waals surface area contributed by atoms with Crippen molar-refractivity contribution in [3.8, 4) is 5.75 Å². The first kappa shape index (κ1) is 17.5. The van der Waals surface area contributed by atoms with E-state index in [0.717, 1.165) is 17.1 Å². The second kappa shape index (κ2) is 7.00. The molecule has 1 aliphatic rings. The van der Waals surface area contributed by atoms with Gasteiger partial charge in [0.1, 0.15) is 5.75 Å². The Hall–Kier alpha value is -2.92. The third-order valence-corrected chi connectivity index (χ3v) is 5.49. The summed E-state index contributed by atoms with van der Waals surface area (Å²) in [6.07, 6.45) is -0.723. The number of fused-ring (bicyclic) bond motifs is 2. The van der Waals surface area contributed by atoms with E-state index in [2.05, 4.69) is 59.9 Å². The lowest BCUT2D eigenvalue weighted by Crippen LogP contribution is -2.15. The minimum atomic E-state index is -0.723. The van der Waals surface area contributed by atoms with Gasteiger partial charge in [-0.2, -0.15) is 0 Å². The molecule has 0 aromatic heterocycles. The molecule has 0 fully saturated rings. The minimum Gasteiger partial charge on any atom is -0.437 e. The predicted octanol–water partition coefficient (Wildman–Crippen LogP) is 6.38. The van der Waals surface area contributed by atoms with Crippen molar-refractivity contribution in [1.29, 1.82) is 0 Å². The number of aryl methyl sites for hydroxylation is 2. The normalized spacial score (nSPS) is 12.2. The first-order valence-electron chi connectivity index (χ1n) is 8.60. The van der Waals surface area contributed by atoms with Crippen LogP contribution in [0, 0.1) is 13.8 Å². The van der Waals surface area contributed by atoms with Crippen molar-refractivity contribution in [3.63, 3.8) is 0 Å². The van der Waals surface area contributed by atoms with Crippen molar-refractivity contribution < 1.29 is 14.3 Å². The number of hydrogen-bond acceptors (Lipinski definition) is 5. The van der Waals surface area contributed by atoms with Gasteiger partial charge in [-0.15, -0.1) is 0 Å². The van der Waals surface area contributed by atoms with Gasteiger partial charge in [0.05, 0.1) is 18.5 Å². The molecule has 4 nitrogen and oxygen atoms in total. The number of hydrogen-bond donors (Lipinski definition) is 0. The van der Waals surface area contributed by atoms with E-state index < -0.39 is 6.16 Å². The summed E-state index contributed by atoms with van der Waals surface area (Å²) in [5.74, 6) is 0.449. The number of methoxy groups -OCH3 is 1. The Labute approximate surface area is 162 Å². The number of nitrogens with zero attached hydrogens (tertiary/aromatic N) is 1. The number of benzene rings is 3. The van der Waals surface area contributed by atoms with Gasteiger partial charge in [0.15, 0.2) is 0 Å². The van der Waals surface area contributed by atoms with Gasteiger partial charge in [0, 0.05) is 15.5 Å². The molecule has 27 heavy (non-hydrogen) atoms. The van der Waals surface area contributed by atoms with Crippen molar-refractivity contribution in [2.75, 3.05) is 12.0 Å². The molecule has 136 valence electrons. The Morgan fingerprint density at radius 2 is 1.41 bits per heavy atom. The molecule has 0 atom stereocenters. The molecular weight excluding hydrogens is 358 g/mol. The summed E-state index contributed by atoms with van der Waals surface area (Å²) in [5, 5.41) is 0. The van der Waals surface area contributed by atoms with Gasteiger partial charge in [-0.1, -0.05) is 23.9 Å². The summed E-state index contributed by atoms with van der Waals surface area (Å²) in [6.45, 7) is 4.21. The second-order valence-electron chi connectivity index (χ2n) is 6.43. The highest BCUT2D eigenvalue weighted by atomic mass is 32.2. The SMILES string of the molecule is COC(=O)Oc1ccc(N2c3ccc(C)cc3Sc3cc(C)ccc32)cc1. The van der Waals surface area contributed by atoms with Crippen LogP contribution in [0.1, 0.15) is 11.1 Å². The standard InChI is InChI=1S/C22H19NO3S/c1-14-4-10-18-20(12-14)27-21-13-15(2)5-11-19(21)23(18)16-6-8-17(9-7-16)26-22(24)25-3/h4-13H,1-3H3. The van der Waals surface area contributed by atoms with E-state index in [4.69, 9.17) is 4.74 Å². The molecule has 5 heteroatoms. The highest BCUT2D eigenvalue weighted by Gasteiger charge is 2.25. The van der Waals surface area contributed by atoms with E-state index in [1.807, 2.05) is 12.1 Å². The molecule has 0 radical (unpaired) electrons. The quantitative estimate of drug-likeness (QED) is 0.299. The summed E-state index contributed by atoms with van der Waals surface area (Å²) in [6, 6.07) is 20.4. The summed E-state index contributed by atoms with van der Waals surface area (Å²) in [4.78, 5) is 16.0. The van der Waals surface area contributed by atoms with Gasteiger partial charge in [-0.25, -0.2) is 4.79 Å². The maximum atomic E-state index is 11.3. The lowest BCUT2D eigenvalue weighted by atomic mass is 10.1. The van der Waals surface area contributed by atoms with Crippen LogP contribution in [-0.2, 0) is 4.74 Å². The summed E-state index contributed by atoms with van der Waals surface area (Å²) >= 11 is 1.80. The van der Waals surface area contributed by atoms with Crippen LogP contribution in [-0.4, -0.2) is 13.3 Å². The zero-order valence-corrected chi connectivity index (χ0v) is 16.2. The first-order valence-corrected chi connectivity index (χ1v) is 9.42. The molecule has 4 rings (SSSR count). The molecule has 0 saturated carbocycles. The highest BCUT2D eigenvalue weighted by molar-refractivity contribution is 7.99. The third kappa shape index (κ3) is 3.38. The molecular formula is C22H19NO3S. The zero-order valence-electron chi connectivity index (χ0n) is 15.4. The largest absolute Gasteiger partial charge is 0.513 e. The van der Waals surface area contributed by atoms with E-state index in [1.54, 1.807) is 23.9 Å². The van der Waals surface area contributed by atoms with Gasteiger partial charge < -0.3 is 14.4 Å². The smallest absolute Gasteiger partial charge is 0.437 e. The maximum absolute atomic E-state index is 11.3. The van der Waals surface area contributed by atoms with E-state index >= 15 is 0 Å². The molecule has 0 saturated heterocycles. The van der Waals surface area contributed by atoms with Crippen LogP contribution in [0.2, 0.25) is 0 Å². The topological polar surface area (TPSA) is 38.8 Å². The van der Waals surface area contributed by atoms with E-state index in [-0.39, 0.29) is 0 Å². The van der Waals surface area contributed by atoms with Crippen molar-refractivity contribution in [2.24, 2.45) is 0 Å². The van der Waals surface area contributed by atoms with E-state index in [1.165, 1.54) is 28.0 Å². The molecule has 1 heterocycles. The highest BCUT2D eigenvalue weighted by Crippen LogP contribution is 2.51. The summed E-state index contributed by atoms with van der Waals surface area (Å²) in [7, 11) is 1.29. The van der Waals surface area contributed by atoms with Gasteiger partial charge in [-0.05, 0) is 73.5 Å². The van der Waals surface area contributed by atoms with Crippen molar-refractivity contribution in [2.45, 2.75) is 23.6 Å². The number of carbonyl (C=O) groups is 1. The Kier molecular flexibility index (Phi) is 4.54. The Balaban J connectivity index is 1.79. The Morgan fingerprint density at radius 3 is 1.93 bits per heavy atom. The fourth-order valence-electron chi connectivity index (χ4n) is 3.10. The molecule has 3 aromatic rings. The summed E-state index contributed by atoms with van der Waals surface area (Å²) in [5.41, 5.74) is 5.76.